The van der Waals surface area contributed by atoms with Crippen LogP contribution in [0.5, 0.6) is 0 Å². The van der Waals surface area contributed by atoms with E-state index in [2.05, 4.69) is 15.0 Å². The largest absolute Gasteiger partial charge is 0.465 e. The lowest BCUT2D eigenvalue weighted by Gasteiger charge is -2.06. The molecular weight excluding hydrogens is 328 g/mol. The van der Waals surface area contributed by atoms with Crippen molar-refractivity contribution >= 4 is 40.1 Å². The third kappa shape index (κ3) is 3.41. The number of halogens is 1. The Labute approximate surface area is 143 Å². The second-order valence-corrected chi connectivity index (χ2v) is 5.73. The quantitative estimate of drug-likeness (QED) is 0.709. The minimum absolute atomic E-state index is 0.151. The molecule has 0 unspecified atom stereocenters. The summed E-state index contributed by atoms with van der Waals surface area (Å²) >= 11 is 6.01. The van der Waals surface area contributed by atoms with Crippen LogP contribution in [-0.4, -0.2) is 24.0 Å². The van der Waals surface area contributed by atoms with E-state index in [1.807, 2.05) is 12.1 Å². The van der Waals surface area contributed by atoms with Crippen LogP contribution in [0.3, 0.4) is 0 Å². The first-order chi connectivity index (χ1) is 11.6. The molecule has 5 nitrogen and oxygen atoms in total. The zero-order chi connectivity index (χ0) is 17.1. The van der Waals surface area contributed by atoms with Crippen molar-refractivity contribution < 1.29 is 14.3 Å². The van der Waals surface area contributed by atoms with Crippen molar-refractivity contribution in [3.05, 3.63) is 64.8 Å². The first-order valence-electron chi connectivity index (χ1n) is 7.30. The highest BCUT2D eigenvalue weighted by Crippen LogP contribution is 2.23. The van der Waals surface area contributed by atoms with Crippen molar-refractivity contribution in [1.29, 1.82) is 0 Å². The van der Waals surface area contributed by atoms with Gasteiger partial charge in [-0.05, 0) is 48.0 Å². The minimum Gasteiger partial charge on any atom is -0.465 e. The van der Waals surface area contributed by atoms with E-state index in [-0.39, 0.29) is 12.3 Å². The SMILES string of the molecule is COC(=O)c1ccc(NC(=O)Cc2c[nH]c3ccc(Cl)cc23)cc1. The van der Waals surface area contributed by atoms with Crippen LogP contribution in [0.25, 0.3) is 10.9 Å². The Kier molecular flexibility index (Phi) is 4.53. The zero-order valence-corrected chi connectivity index (χ0v) is 13.7. The van der Waals surface area contributed by atoms with Gasteiger partial charge in [-0.2, -0.15) is 0 Å². The number of benzene rings is 2. The number of methoxy groups -OCH3 is 1. The van der Waals surface area contributed by atoms with Gasteiger partial charge in [-0.15, -0.1) is 0 Å². The smallest absolute Gasteiger partial charge is 0.337 e. The molecule has 0 aliphatic rings. The predicted octanol–water partition coefficient (Wildman–Crippen LogP) is 3.79. The van der Waals surface area contributed by atoms with Crippen LogP contribution in [-0.2, 0) is 16.0 Å². The molecule has 24 heavy (non-hydrogen) atoms. The van der Waals surface area contributed by atoms with Crippen LogP contribution >= 0.6 is 11.6 Å². The molecule has 0 aliphatic carbocycles. The third-order valence-corrected chi connectivity index (χ3v) is 3.91. The summed E-state index contributed by atoms with van der Waals surface area (Å²) in [5, 5.41) is 4.36. The Balaban J connectivity index is 1.71. The molecule has 0 radical (unpaired) electrons. The maximum atomic E-state index is 12.2. The molecule has 1 aromatic heterocycles. The third-order valence-electron chi connectivity index (χ3n) is 3.67. The van der Waals surface area contributed by atoms with Crippen molar-refractivity contribution in [3.8, 4) is 0 Å². The number of anilines is 1. The van der Waals surface area contributed by atoms with Gasteiger partial charge in [0.05, 0.1) is 19.1 Å². The summed E-state index contributed by atoms with van der Waals surface area (Å²) in [6.45, 7) is 0. The van der Waals surface area contributed by atoms with Gasteiger partial charge in [0.1, 0.15) is 0 Å². The number of amides is 1. The van der Waals surface area contributed by atoms with Gasteiger partial charge in [-0.1, -0.05) is 11.6 Å². The molecule has 6 heteroatoms. The Morgan fingerprint density at radius 2 is 1.92 bits per heavy atom. The van der Waals surface area contributed by atoms with Gasteiger partial charge < -0.3 is 15.0 Å². The molecule has 0 fully saturated rings. The number of aromatic nitrogens is 1. The number of esters is 1. The topological polar surface area (TPSA) is 71.2 Å². The lowest BCUT2D eigenvalue weighted by Crippen LogP contribution is -2.14. The fraction of sp³-hybridized carbons (Fsp3) is 0.111. The Bertz CT molecular complexity index is 900. The normalized spacial score (nSPS) is 10.6. The molecule has 0 atom stereocenters. The first kappa shape index (κ1) is 16.1. The van der Waals surface area contributed by atoms with E-state index in [1.165, 1.54) is 7.11 Å². The lowest BCUT2D eigenvalue weighted by molar-refractivity contribution is -0.115. The molecular formula is C18H15ClN2O3. The van der Waals surface area contributed by atoms with Crippen molar-refractivity contribution in [2.45, 2.75) is 6.42 Å². The van der Waals surface area contributed by atoms with E-state index in [0.717, 1.165) is 16.5 Å². The molecule has 1 heterocycles. The van der Waals surface area contributed by atoms with E-state index >= 15 is 0 Å². The number of rotatable bonds is 4. The fourth-order valence-corrected chi connectivity index (χ4v) is 2.65. The molecule has 0 aliphatic heterocycles. The van der Waals surface area contributed by atoms with Gasteiger partial charge in [-0.25, -0.2) is 4.79 Å². The van der Waals surface area contributed by atoms with E-state index < -0.39 is 5.97 Å². The number of nitrogens with one attached hydrogen (secondary N) is 2. The molecule has 0 saturated carbocycles. The van der Waals surface area contributed by atoms with Crippen LogP contribution in [0.2, 0.25) is 5.02 Å². The molecule has 2 N–H and O–H groups in total. The zero-order valence-electron chi connectivity index (χ0n) is 12.9. The molecule has 122 valence electrons. The van der Waals surface area contributed by atoms with E-state index in [4.69, 9.17) is 11.6 Å². The number of H-pyrrole nitrogens is 1. The highest BCUT2D eigenvalue weighted by molar-refractivity contribution is 6.31. The summed E-state index contributed by atoms with van der Waals surface area (Å²) in [6, 6.07) is 12.0. The Morgan fingerprint density at radius 3 is 2.62 bits per heavy atom. The van der Waals surface area contributed by atoms with Gasteiger partial charge in [0.25, 0.3) is 0 Å². The molecule has 0 spiro atoms. The van der Waals surface area contributed by atoms with Crippen LogP contribution < -0.4 is 5.32 Å². The number of hydrogen-bond acceptors (Lipinski definition) is 3. The molecule has 2 aromatic carbocycles. The second kappa shape index (κ2) is 6.76. The molecule has 3 rings (SSSR count). The summed E-state index contributed by atoms with van der Waals surface area (Å²) in [6.07, 6.45) is 2.03. The number of carbonyl (C=O) groups excluding carboxylic acids is 2. The van der Waals surface area contributed by atoms with Crippen molar-refractivity contribution in [1.82, 2.24) is 4.98 Å². The standard InChI is InChI=1S/C18H15ClN2O3/c1-24-18(23)11-2-5-14(6-3-11)21-17(22)8-12-10-20-16-7-4-13(19)9-15(12)16/h2-7,9-10,20H,8H2,1H3,(H,21,22). The number of hydrogen-bond donors (Lipinski definition) is 2. The maximum absolute atomic E-state index is 12.2. The number of aromatic amines is 1. The van der Waals surface area contributed by atoms with Gasteiger partial charge >= 0.3 is 5.97 Å². The summed E-state index contributed by atoms with van der Waals surface area (Å²) in [5.41, 5.74) is 2.85. The Morgan fingerprint density at radius 1 is 1.17 bits per heavy atom. The van der Waals surface area contributed by atoms with Gasteiger partial charge in [0.2, 0.25) is 5.91 Å². The minimum atomic E-state index is -0.413. The van der Waals surface area contributed by atoms with E-state index in [1.54, 1.807) is 36.5 Å². The fourth-order valence-electron chi connectivity index (χ4n) is 2.48. The van der Waals surface area contributed by atoms with Crippen LogP contribution in [0.15, 0.2) is 48.7 Å². The van der Waals surface area contributed by atoms with Crippen LogP contribution in [0.1, 0.15) is 15.9 Å². The predicted molar refractivity (Wildman–Crippen MR) is 93.4 cm³/mol. The summed E-state index contributed by atoms with van der Waals surface area (Å²) < 4.78 is 4.64. The maximum Gasteiger partial charge on any atom is 0.337 e. The molecule has 1 amide bonds. The lowest BCUT2D eigenvalue weighted by atomic mass is 10.1. The number of fused-ring (bicyclic) bond motifs is 1. The van der Waals surface area contributed by atoms with Crippen molar-refractivity contribution in [3.63, 3.8) is 0 Å². The first-order valence-corrected chi connectivity index (χ1v) is 7.68. The molecule has 0 saturated heterocycles. The average Bonchev–Trinajstić information content (AvgIpc) is 2.97. The number of carbonyl (C=O) groups is 2. The number of ether oxygens (including phenoxy) is 1. The van der Waals surface area contributed by atoms with Crippen molar-refractivity contribution in [2.24, 2.45) is 0 Å². The van der Waals surface area contributed by atoms with Crippen LogP contribution in [0, 0.1) is 0 Å². The monoisotopic (exact) mass is 342 g/mol. The second-order valence-electron chi connectivity index (χ2n) is 5.30. The summed E-state index contributed by atoms with van der Waals surface area (Å²) in [5.74, 6) is -0.565. The average molecular weight is 343 g/mol. The Hall–Kier alpha value is -2.79. The van der Waals surface area contributed by atoms with Gasteiger partial charge in [0, 0.05) is 27.8 Å². The van der Waals surface area contributed by atoms with E-state index in [0.29, 0.717) is 16.3 Å². The highest BCUT2D eigenvalue weighted by atomic mass is 35.5. The van der Waals surface area contributed by atoms with E-state index in [9.17, 15) is 9.59 Å². The van der Waals surface area contributed by atoms with Gasteiger partial charge in [-0.3, -0.25) is 4.79 Å². The summed E-state index contributed by atoms with van der Waals surface area (Å²) in [7, 11) is 1.32. The van der Waals surface area contributed by atoms with Crippen LogP contribution in [0.4, 0.5) is 5.69 Å². The van der Waals surface area contributed by atoms with Crippen molar-refractivity contribution in [2.75, 3.05) is 12.4 Å². The molecule has 0 bridgehead atoms. The molecule has 3 aromatic rings. The summed E-state index contributed by atoms with van der Waals surface area (Å²) in [4.78, 5) is 26.7. The highest BCUT2D eigenvalue weighted by Gasteiger charge is 2.10. The van der Waals surface area contributed by atoms with Gasteiger partial charge in [0.15, 0.2) is 0 Å².